The second kappa shape index (κ2) is 5.76. The van der Waals surface area contributed by atoms with E-state index in [9.17, 15) is 5.11 Å². The topological polar surface area (TPSA) is 64.7 Å². The quantitative estimate of drug-likeness (QED) is 0.847. The summed E-state index contributed by atoms with van der Waals surface area (Å²) in [7, 11) is 0. The van der Waals surface area contributed by atoms with Crippen molar-refractivity contribution in [3.63, 3.8) is 0 Å². The second-order valence-electron chi connectivity index (χ2n) is 5.39. The molecule has 1 fully saturated rings. The highest BCUT2D eigenvalue weighted by atomic mass is 16.5. The minimum atomic E-state index is -0.888. The van der Waals surface area contributed by atoms with Crippen molar-refractivity contribution in [1.29, 1.82) is 0 Å². The van der Waals surface area contributed by atoms with Crippen LogP contribution in [0.5, 0.6) is 5.75 Å². The van der Waals surface area contributed by atoms with E-state index in [-0.39, 0.29) is 0 Å². The molecule has 0 amide bonds. The first-order chi connectivity index (χ1) is 10.2. The van der Waals surface area contributed by atoms with E-state index >= 15 is 0 Å². The molecular weight excluding hydrogens is 266 g/mol. The molecule has 3 rings (SSSR count). The highest BCUT2D eigenvalue weighted by Gasteiger charge is 2.34. The average molecular weight is 285 g/mol. The molecule has 0 saturated carbocycles. The predicted molar refractivity (Wildman–Crippen MR) is 81.0 cm³/mol. The van der Waals surface area contributed by atoms with E-state index in [2.05, 4.69) is 0 Å². The highest BCUT2D eigenvalue weighted by molar-refractivity contribution is 5.39. The molecule has 1 atom stereocenters. The summed E-state index contributed by atoms with van der Waals surface area (Å²) in [5.74, 6) is 0.740. The zero-order valence-corrected chi connectivity index (χ0v) is 11.8. The second-order valence-corrected chi connectivity index (χ2v) is 5.39. The molecule has 4 nitrogen and oxygen atoms in total. The van der Waals surface area contributed by atoms with E-state index in [1.54, 1.807) is 0 Å². The number of benzene rings is 2. The Morgan fingerprint density at radius 2 is 2.00 bits per heavy atom. The minimum absolute atomic E-state index is 0.342. The fourth-order valence-electron chi connectivity index (χ4n) is 2.44. The fraction of sp³-hybridized carbons (Fsp3) is 0.294. The summed E-state index contributed by atoms with van der Waals surface area (Å²) in [6.45, 7) is 1.40. The van der Waals surface area contributed by atoms with Crippen LogP contribution in [0, 0.1) is 0 Å². The zero-order valence-electron chi connectivity index (χ0n) is 11.8. The van der Waals surface area contributed by atoms with Gasteiger partial charge in [0, 0.05) is 18.7 Å². The molecule has 1 saturated heterocycles. The molecule has 0 aliphatic carbocycles. The van der Waals surface area contributed by atoms with Gasteiger partial charge in [-0.1, -0.05) is 24.3 Å². The number of hydrogen-bond donors (Lipinski definition) is 2. The first kappa shape index (κ1) is 13.9. The molecule has 4 heteroatoms. The van der Waals surface area contributed by atoms with Gasteiger partial charge in [-0.15, -0.1) is 0 Å². The van der Waals surface area contributed by atoms with E-state index in [4.69, 9.17) is 15.2 Å². The average Bonchev–Trinajstić information content (AvgIpc) is 2.95. The monoisotopic (exact) mass is 285 g/mol. The molecule has 1 aliphatic rings. The fourth-order valence-corrected chi connectivity index (χ4v) is 2.44. The van der Waals surface area contributed by atoms with Gasteiger partial charge >= 0.3 is 0 Å². The third-order valence-corrected chi connectivity index (χ3v) is 3.76. The van der Waals surface area contributed by atoms with Crippen LogP contribution in [0.2, 0.25) is 0 Å². The molecule has 1 unspecified atom stereocenters. The number of ether oxygens (including phenoxy) is 2. The summed E-state index contributed by atoms with van der Waals surface area (Å²) < 4.78 is 11.1. The van der Waals surface area contributed by atoms with Gasteiger partial charge < -0.3 is 20.3 Å². The Morgan fingerprint density at radius 1 is 1.19 bits per heavy atom. The smallest absolute Gasteiger partial charge is 0.120 e. The van der Waals surface area contributed by atoms with Crippen molar-refractivity contribution in [3.05, 3.63) is 59.7 Å². The van der Waals surface area contributed by atoms with Crippen molar-refractivity contribution in [2.45, 2.75) is 18.6 Å². The largest absolute Gasteiger partial charge is 0.489 e. The van der Waals surface area contributed by atoms with E-state index in [0.717, 1.165) is 22.6 Å². The maximum Gasteiger partial charge on any atom is 0.120 e. The maximum absolute atomic E-state index is 10.5. The van der Waals surface area contributed by atoms with Crippen LogP contribution < -0.4 is 10.5 Å². The SMILES string of the molecule is Nc1ccc(COc2cccc(C3(O)CCOC3)c2)cc1. The molecule has 3 N–H and O–H groups in total. The van der Waals surface area contributed by atoms with Gasteiger partial charge in [-0.3, -0.25) is 0 Å². The van der Waals surface area contributed by atoms with Crippen LogP contribution in [0.3, 0.4) is 0 Å². The first-order valence-corrected chi connectivity index (χ1v) is 7.04. The number of hydrogen-bond acceptors (Lipinski definition) is 4. The van der Waals surface area contributed by atoms with Gasteiger partial charge in [0.2, 0.25) is 0 Å². The van der Waals surface area contributed by atoms with Crippen LogP contribution in [0.15, 0.2) is 48.5 Å². The highest BCUT2D eigenvalue weighted by Crippen LogP contribution is 2.32. The molecule has 2 aromatic rings. The van der Waals surface area contributed by atoms with Crippen molar-refractivity contribution in [2.75, 3.05) is 18.9 Å². The summed E-state index contributed by atoms with van der Waals surface area (Å²) in [5, 5.41) is 10.5. The van der Waals surface area contributed by atoms with Gasteiger partial charge in [0.25, 0.3) is 0 Å². The lowest BCUT2D eigenvalue weighted by Crippen LogP contribution is -2.25. The molecule has 2 aromatic carbocycles. The van der Waals surface area contributed by atoms with Crippen LogP contribution in [-0.4, -0.2) is 18.3 Å². The van der Waals surface area contributed by atoms with Crippen LogP contribution in [0.1, 0.15) is 17.5 Å². The Bertz CT molecular complexity index is 604. The molecule has 1 aliphatic heterocycles. The van der Waals surface area contributed by atoms with E-state index < -0.39 is 5.60 Å². The Balaban J connectivity index is 1.70. The predicted octanol–water partition coefficient (Wildman–Crippen LogP) is 2.46. The molecule has 0 spiro atoms. The van der Waals surface area contributed by atoms with Crippen molar-refractivity contribution in [1.82, 2.24) is 0 Å². The van der Waals surface area contributed by atoms with Gasteiger partial charge in [0.1, 0.15) is 18.0 Å². The summed E-state index contributed by atoms with van der Waals surface area (Å²) >= 11 is 0. The molecular formula is C17H19NO3. The third-order valence-electron chi connectivity index (χ3n) is 3.76. The first-order valence-electron chi connectivity index (χ1n) is 7.04. The van der Waals surface area contributed by atoms with Crippen molar-refractivity contribution in [3.8, 4) is 5.75 Å². The zero-order chi connectivity index (χ0) is 14.7. The van der Waals surface area contributed by atoms with Crippen LogP contribution in [-0.2, 0) is 16.9 Å². The van der Waals surface area contributed by atoms with Gasteiger partial charge in [-0.2, -0.15) is 0 Å². The summed E-state index contributed by atoms with van der Waals surface area (Å²) in [4.78, 5) is 0. The third kappa shape index (κ3) is 3.17. The maximum atomic E-state index is 10.5. The number of rotatable bonds is 4. The molecule has 0 aromatic heterocycles. The number of nitrogens with two attached hydrogens (primary N) is 1. The van der Waals surface area contributed by atoms with Crippen LogP contribution >= 0.6 is 0 Å². The van der Waals surface area contributed by atoms with Crippen LogP contribution in [0.4, 0.5) is 5.69 Å². The summed E-state index contributed by atoms with van der Waals surface area (Å²) in [6.07, 6.45) is 0.619. The Morgan fingerprint density at radius 3 is 2.71 bits per heavy atom. The number of aliphatic hydroxyl groups is 1. The van der Waals surface area contributed by atoms with Gasteiger partial charge in [-0.25, -0.2) is 0 Å². The Kier molecular flexibility index (Phi) is 3.82. The lowest BCUT2D eigenvalue weighted by molar-refractivity contribution is 0.0230. The molecule has 21 heavy (non-hydrogen) atoms. The van der Waals surface area contributed by atoms with Crippen molar-refractivity contribution < 1.29 is 14.6 Å². The number of nitrogen functional groups attached to an aromatic ring is 1. The molecule has 0 radical (unpaired) electrons. The summed E-state index contributed by atoms with van der Waals surface area (Å²) in [6, 6.07) is 15.2. The standard InChI is InChI=1S/C17H19NO3/c18-15-6-4-13(5-7-15)11-21-16-3-1-2-14(10-16)17(19)8-9-20-12-17/h1-7,10,19H,8-9,11-12,18H2. The van der Waals surface area contributed by atoms with Crippen molar-refractivity contribution >= 4 is 5.69 Å². The lowest BCUT2D eigenvalue weighted by atomic mass is 9.93. The van der Waals surface area contributed by atoms with E-state index in [1.807, 2.05) is 48.5 Å². The van der Waals surface area contributed by atoms with Crippen molar-refractivity contribution in [2.24, 2.45) is 0 Å². The molecule has 0 bridgehead atoms. The normalized spacial score (nSPS) is 21.4. The van der Waals surface area contributed by atoms with Gasteiger partial charge in [0.05, 0.1) is 6.61 Å². The van der Waals surface area contributed by atoms with Crippen LogP contribution in [0.25, 0.3) is 0 Å². The Labute approximate surface area is 124 Å². The Hall–Kier alpha value is -2.04. The summed E-state index contributed by atoms with van der Waals surface area (Å²) in [5.41, 5.74) is 7.41. The minimum Gasteiger partial charge on any atom is -0.489 e. The van der Waals surface area contributed by atoms with Gasteiger partial charge in [0.15, 0.2) is 0 Å². The lowest BCUT2D eigenvalue weighted by Gasteiger charge is -2.21. The number of anilines is 1. The van der Waals surface area contributed by atoms with E-state index in [1.165, 1.54) is 0 Å². The molecule has 110 valence electrons. The van der Waals surface area contributed by atoms with Gasteiger partial charge in [-0.05, 0) is 35.4 Å². The molecule has 1 heterocycles. The van der Waals surface area contributed by atoms with E-state index in [0.29, 0.717) is 26.2 Å².